The van der Waals surface area contributed by atoms with Crippen molar-refractivity contribution in [1.82, 2.24) is 0 Å². The summed E-state index contributed by atoms with van der Waals surface area (Å²) >= 11 is 16.0. The van der Waals surface area contributed by atoms with Gasteiger partial charge in [-0.1, -0.05) is 40.0 Å². The molecule has 0 saturated heterocycles. The van der Waals surface area contributed by atoms with E-state index in [4.69, 9.17) is 33.2 Å². The smallest absolute Gasteiger partial charge is 0.335 e. The Morgan fingerprint density at radius 2 is 0.508 bits per heavy atom. The van der Waals surface area contributed by atoms with Crippen LogP contribution >= 0.6 is 33.2 Å². The number of halogens is 22. The average molecular weight is 981 g/mol. The van der Waals surface area contributed by atoms with Gasteiger partial charge in [-0.05, 0) is 19.3 Å². The normalized spacial score (nSPS) is 12.1. The second-order valence-electron chi connectivity index (χ2n) is 13.4. The fourth-order valence-corrected chi connectivity index (χ4v) is 9.02. The molecule has 0 aliphatic heterocycles. The van der Waals surface area contributed by atoms with E-state index in [2.05, 4.69) is 20.8 Å². The third-order valence-electron chi connectivity index (χ3n) is 9.70. The Morgan fingerprint density at radius 1 is 0.328 bits per heavy atom. The molecule has 4 aromatic carbocycles. The van der Waals surface area contributed by atoms with E-state index >= 15 is 43.9 Å². The maximum absolute atomic E-state index is 16.0. The molecule has 0 spiro atoms. The van der Waals surface area contributed by atoms with Crippen molar-refractivity contribution < 1.29 is 88.3 Å². The van der Waals surface area contributed by atoms with Crippen molar-refractivity contribution in [3.63, 3.8) is 0 Å². The molecule has 4 rings (SSSR count). The molecule has 0 aromatic heterocycles. The lowest BCUT2D eigenvalue weighted by Crippen LogP contribution is -3.12. The molecule has 0 radical (unpaired) electrons. The lowest BCUT2D eigenvalue weighted by Gasteiger charge is -2.45. The van der Waals surface area contributed by atoms with Crippen LogP contribution in [0, 0.1) is 111 Å². The summed E-state index contributed by atoms with van der Waals surface area (Å²) in [4.78, 5) is 1.84. The van der Waals surface area contributed by atoms with Crippen LogP contribution in [-0.4, -0.2) is 31.8 Å². The number of unbranched alkanes of at least 4 members (excludes halogenated alkanes) is 3. The molecule has 61 heavy (non-hydrogen) atoms. The summed E-state index contributed by atoms with van der Waals surface area (Å²) < 4.78 is 286. The summed E-state index contributed by atoms with van der Waals surface area (Å²) in [5.74, 6) is -66.7. The topological polar surface area (TPSA) is 4.44 Å². The molecule has 0 aliphatic rings. The number of rotatable bonds is 14. The van der Waals surface area contributed by atoms with Crippen molar-refractivity contribution in [3.8, 4) is 0 Å². The molecule has 0 bridgehead atoms. The van der Waals surface area contributed by atoms with Gasteiger partial charge in [0.15, 0.2) is 64.0 Å². The first-order valence-electron chi connectivity index (χ1n) is 17.7. The molecular formula is C36H28BCl3F19NSi. The Labute approximate surface area is 349 Å². The number of hydrogen-bond donors (Lipinski definition) is 1. The monoisotopic (exact) mass is 979 g/mol. The molecule has 0 aliphatic carbocycles. The van der Waals surface area contributed by atoms with Crippen LogP contribution in [0.5, 0.6) is 0 Å². The predicted octanol–water partition coefficient (Wildman–Crippen LogP) is 8.84. The second kappa shape index (κ2) is 20.4. The van der Waals surface area contributed by atoms with Gasteiger partial charge >= 0.3 is 6.00 Å². The van der Waals surface area contributed by atoms with E-state index in [0.29, 0.717) is 0 Å². The minimum atomic E-state index is -7.20. The van der Waals surface area contributed by atoms with Gasteiger partial charge in [-0.2, -0.15) is 0 Å². The van der Waals surface area contributed by atoms with Crippen molar-refractivity contribution in [2.45, 2.75) is 59.3 Å². The summed E-state index contributed by atoms with van der Waals surface area (Å²) in [6.07, 6.45) is 1.06. The first-order valence-corrected chi connectivity index (χ1v) is 22.8. The number of quaternary nitrogens is 1. The van der Waals surface area contributed by atoms with Crippen molar-refractivity contribution in [3.05, 3.63) is 111 Å². The van der Waals surface area contributed by atoms with Gasteiger partial charge in [-0.25, -0.2) is 83.4 Å². The zero-order valence-corrected chi connectivity index (χ0v) is 34.5. The Bertz CT molecular complexity index is 2010. The number of benzene rings is 4. The van der Waals surface area contributed by atoms with Crippen molar-refractivity contribution in [2.24, 2.45) is 0 Å². The first-order chi connectivity index (χ1) is 28.3. The molecule has 0 unspecified atom stereocenters. The van der Waals surface area contributed by atoms with Gasteiger partial charge in [0, 0.05) is 0 Å². The summed E-state index contributed by atoms with van der Waals surface area (Å²) in [6, 6.07) is -5.41. The van der Waals surface area contributed by atoms with E-state index in [-0.39, 0.29) is 0 Å². The van der Waals surface area contributed by atoms with Crippen LogP contribution in [-0.2, 0) is 0 Å². The van der Waals surface area contributed by atoms with Gasteiger partial charge in [0.25, 0.3) is 0 Å². The van der Waals surface area contributed by atoms with E-state index in [1.807, 2.05) is 4.90 Å². The fraction of sp³-hybridized carbons (Fsp3) is 0.333. The molecule has 0 atom stereocenters. The first kappa shape index (κ1) is 52.0. The highest BCUT2D eigenvalue weighted by Gasteiger charge is 2.53. The zero-order valence-electron chi connectivity index (χ0n) is 31.3. The van der Waals surface area contributed by atoms with E-state index in [1.54, 1.807) is 0 Å². The summed E-state index contributed by atoms with van der Waals surface area (Å²) in [5, 5.41) is -2.33. The van der Waals surface area contributed by atoms with E-state index in [0.717, 1.165) is 0 Å². The largest absolute Gasteiger partial charge is 0.379 e. The van der Waals surface area contributed by atoms with Crippen LogP contribution in [0.1, 0.15) is 59.3 Å². The molecule has 0 fully saturated rings. The molecule has 0 saturated carbocycles. The second-order valence-corrected chi connectivity index (χ2v) is 21.8. The highest BCUT2D eigenvalue weighted by atomic mass is 35.8. The van der Waals surface area contributed by atoms with E-state index in [1.165, 1.54) is 58.2 Å². The predicted molar refractivity (Wildman–Crippen MR) is 192 cm³/mol. The van der Waals surface area contributed by atoms with Crippen LogP contribution in [0.2, 0.25) is 0 Å². The minimum absolute atomic E-state index is 1.35. The van der Waals surface area contributed by atoms with Crippen molar-refractivity contribution in [2.75, 3.05) is 19.6 Å². The van der Waals surface area contributed by atoms with Gasteiger partial charge in [-0.15, -0.1) is 55.1 Å². The maximum Gasteiger partial charge on any atom is 0.379 e. The summed E-state index contributed by atoms with van der Waals surface area (Å²) in [7, 11) is 0. The molecule has 0 amide bonds. The Morgan fingerprint density at radius 3 is 0.689 bits per heavy atom. The van der Waals surface area contributed by atoms with E-state index < -0.39 is 150 Å². The van der Waals surface area contributed by atoms with Gasteiger partial charge < -0.3 is 4.90 Å². The van der Waals surface area contributed by atoms with Gasteiger partial charge in [-0.3, -0.25) is 0 Å². The standard InChI is InChI=1S/C24BCl3F19Si.C12H27N/c26-48(27,28)24-22(46)11(35)4(12(36)23(24)47)25(1-5(29)13(37)19(43)14(38)6(1)30,2-7(31)15(39)20(44)16(40)8(2)32)3-9(33)17(41)21(45)18(42)10(3)34;1-4-7-10-13(11-8-5-2)12-9-6-3/h;4-12H2,1-3H3/q-1;/p+1. The minimum Gasteiger partial charge on any atom is -0.335 e. The molecule has 1 N–H and O–H groups in total. The molecule has 0 heterocycles. The summed E-state index contributed by atoms with van der Waals surface area (Å²) in [5.41, 5.74) is -14.1. The molecule has 338 valence electrons. The highest BCUT2D eigenvalue weighted by molar-refractivity contribution is 7.69. The zero-order chi connectivity index (χ0) is 46.8. The summed E-state index contributed by atoms with van der Waals surface area (Å²) in [6.45, 7) is 11.1. The third-order valence-corrected chi connectivity index (χ3v) is 12.4. The van der Waals surface area contributed by atoms with Crippen molar-refractivity contribution in [1.29, 1.82) is 0 Å². The van der Waals surface area contributed by atoms with E-state index in [9.17, 15) is 39.5 Å². The van der Waals surface area contributed by atoms with Crippen LogP contribution in [0.3, 0.4) is 0 Å². The number of hydrogen-bond acceptors (Lipinski definition) is 0. The van der Waals surface area contributed by atoms with Crippen LogP contribution in [0.4, 0.5) is 83.4 Å². The lowest BCUT2D eigenvalue weighted by atomic mass is 9.12. The SMILES string of the molecule is CCCC[NH+](CCCC)CCCC.Fc1c(F)c(F)c([B-](c2c(F)c(F)c(F)c(F)c2F)(c2c(F)c(F)c(F)c(F)c2F)c2c(F)c(F)c([Si](Cl)(Cl)Cl)c(F)c2F)c(F)c1F. The van der Waals surface area contributed by atoms with Gasteiger partial charge in [0.1, 0.15) is 52.7 Å². The Hall–Kier alpha value is -3.34. The van der Waals surface area contributed by atoms with Crippen LogP contribution in [0.25, 0.3) is 0 Å². The quantitative estimate of drug-likeness (QED) is 0.0424. The van der Waals surface area contributed by atoms with Gasteiger partial charge in [0.2, 0.25) is 0 Å². The van der Waals surface area contributed by atoms with Gasteiger partial charge in [0.05, 0.1) is 24.8 Å². The molecule has 25 heteroatoms. The van der Waals surface area contributed by atoms with Crippen LogP contribution in [0.15, 0.2) is 0 Å². The number of nitrogens with one attached hydrogen (secondary N) is 1. The molecule has 4 aromatic rings. The third kappa shape index (κ3) is 9.34. The molecular weight excluding hydrogens is 953 g/mol. The fourth-order valence-electron chi connectivity index (χ4n) is 6.81. The Kier molecular flexibility index (Phi) is 17.4. The lowest BCUT2D eigenvalue weighted by molar-refractivity contribution is -0.900. The maximum atomic E-state index is 16.0. The Balaban J connectivity index is 0.000000657. The molecule has 1 nitrogen and oxygen atoms in total. The highest BCUT2D eigenvalue weighted by Crippen LogP contribution is 2.31. The van der Waals surface area contributed by atoms with Crippen molar-refractivity contribution >= 4 is 72.4 Å². The van der Waals surface area contributed by atoms with Crippen LogP contribution < -0.4 is 31.9 Å². The average Bonchev–Trinajstić information content (AvgIpc) is 3.21.